The summed E-state index contributed by atoms with van der Waals surface area (Å²) in [5.41, 5.74) is 10.8. The highest BCUT2D eigenvalue weighted by atomic mass is 16.3. The normalized spacial score (nSPS) is 11.9. The molecule has 0 saturated carbocycles. The molecule has 214 valence electrons. The van der Waals surface area contributed by atoms with E-state index in [1.54, 1.807) is 0 Å². The summed E-state index contributed by atoms with van der Waals surface area (Å²) in [5, 5.41) is 9.27. The van der Waals surface area contributed by atoms with Crippen LogP contribution in [0, 0.1) is 0 Å². The van der Waals surface area contributed by atoms with Crippen LogP contribution < -0.4 is 0 Å². The van der Waals surface area contributed by atoms with Crippen molar-refractivity contribution >= 4 is 65.4 Å². The van der Waals surface area contributed by atoms with E-state index in [-0.39, 0.29) is 0 Å². The molecule has 10 aromatic rings. The summed E-state index contributed by atoms with van der Waals surface area (Å²) in [7, 11) is 0. The number of rotatable bonds is 3. The fourth-order valence-electron chi connectivity index (χ4n) is 7.36. The fourth-order valence-corrected chi connectivity index (χ4v) is 7.36. The summed E-state index contributed by atoms with van der Waals surface area (Å²) in [5.74, 6) is 0. The van der Waals surface area contributed by atoms with Crippen molar-refractivity contribution in [3.05, 3.63) is 158 Å². The van der Waals surface area contributed by atoms with Crippen LogP contribution in [0.1, 0.15) is 0 Å². The molecule has 0 amide bonds. The molecule has 10 rings (SSSR count). The molecule has 2 heterocycles. The van der Waals surface area contributed by atoms with Gasteiger partial charge in [-0.05, 0) is 85.3 Å². The molecule has 46 heavy (non-hydrogen) atoms. The smallest absolute Gasteiger partial charge is 0.136 e. The molecule has 0 aliphatic heterocycles. The zero-order valence-electron chi connectivity index (χ0n) is 24.8. The van der Waals surface area contributed by atoms with Gasteiger partial charge in [0.25, 0.3) is 0 Å². The zero-order chi connectivity index (χ0) is 30.2. The highest BCUT2D eigenvalue weighted by molar-refractivity contribution is 6.22. The Bertz CT molecular complexity index is 2720. The van der Waals surface area contributed by atoms with Crippen LogP contribution in [0.4, 0.5) is 0 Å². The molecule has 0 bridgehead atoms. The van der Waals surface area contributed by atoms with Crippen LogP contribution in [-0.4, -0.2) is 0 Å². The third kappa shape index (κ3) is 3.71. The van der Waals surface area contributed by atoms with Crippen LogP contribution in [0.25, 0.3) is 98.8 Å². The van der Waals surface area contributed by atoms with Crippen molar-refractivity contribution in [2.45, 2.75) is 0 Å². The molecule has 0 radical (unpaired) electrons. The van der Waals surface area contributed by atoms with E-state index in [1.807, 2.05) is 18.2 Å². The lowest BCUT2D eigenvalue weighted by Gasteiger charge is -2.18. The maximum Gasteiger partial charge on any atom is 0.136 e. The number of hydrogen-bond acceptors (Lipinski definition) is 2. The zero-order valence-corrected chi connectivity index (χ0v) is 24.8. The first-order valence-electron chi connectivity index (χ1n) is 15.7. The van der Waals surface area contributed by atoms with Gasteiger partial charge in [0, 0.05) is 21.5 Å². The van der Waals surface area contributed by atoms with E-state index in [0.29, 0.717) is 0 Å². The third-order valence-corrected chi connectivity index (χ3v) is 9.47. The van der Waals surface area contributed by atoms with E-state index in [1.165, 1.54) is 54.9 Å². The van der Waals surface area contributed by atoms with Crippen molar-refractivity contribution in [2.24, 2.45) is 0 Å². The Morgan fingerprint density at radius 2 is 0.652 bits per heavy atom. The molecular formula is C44H26O2. The standard InChI is InChI=1S/C44H26O2/c1-2-10-27(11-3-1)28-18-20-29(21-19-28)43-32-13-4-6-15-34(32)44(35-16-7-5-14-33(35)43)30-22-23-40-36(24-30)38-26-41-37(25-42(38)46-40)31-12-8-9-17-39(31)45-41/h1-26H. The monoisotopic (exact) mass is 586 g/mol. The summed E-state index contributed by atoms with van der Waals surface area (Å²) in [6.45, 7) is 0. The molecule has 0 unspecified atom stereocenters. The molecule has 0 saturated heterocycles. The fraction of sp³-hybridized carbons (Fsp3) is 0. The minimum Gasteiger partial charge on any atom is -0.456 e. The van der Waals surface area contributed by atoms with Crippen molar-refractivity contribution in [3.8, 4) is 33.4 Å². The Morgan fingerprint density at radius 1 is 0.239 bits per heavy atom. The number of hydrogen-bond donors (Lipinski definition) is 0. The minimum atomic E-state index is 0.871. The SMILES string of the molecule is c1ccc(-c2ccc(-c3c4ccccc4c(-c4ccc5oc6cc7c(cc6c5c4)oc4ccccc47)c4ccccc34)cc2)cc1. The lowest BCUT2D eigenvalue weighted by molar-refractivity contribution is 0.664. The van der Waals surface area contributed by atoms with Crippen molar-refractivity contribution in [1.82, 2.24) is 0 Å². The van der Waals surface area contributed by atoms with Gasteiger partial charge >= 0.3 is 0 Å². The minimum absolute atomic E-state index is 0.871. The molecular weight excluding hydrogens is 560 g/mol. The third-order valence-electron chi connectivity index (χ3n) is 9.47. The molecule has 0 fully saturated rings. The Morgan fingerprint density at radius 3 is 1.28 bits per heavy atom. The topological polar surface area (TPSA) is 26.3 Å². The second-order valence-corrected chi connectivity index (χ2v) is 12.0. The molecule has 8 aromatic carbocycles. The van der Waals surface area contributed by atoms with Gasteiger partial charge in [0.1, 0.15) is 22.3 Å². The first-order valence-corrected chi connectivity index (χ1v) is 15.7. The highest BCUT2D eigenvalue weighted by Gasteiger charge is 2.19. The first kappa shape index (κ1) is 25.2. The summed E-state index contributed by atoms with van der Waals surface area (Å²) in [6, 6.07) is 56.2. The van der Waals surface area contributed by atoms with Gasteiger partial charge in [-0.1, -0.05) is 127 Å². The number of furan rings is 2. The predicted octanol–water partition coefficient (Wildman–Crippen LogP) is 12.8. The lowest BCUT2D eigenvalue weighted by Crippen LogP contribution is -1.91. The van der Waals surface area contributed by atoms with Crippen molar-refractivity contribution in [1.29, 1.82) is 0 Å². The summed E-state index contributed by atoms with van der Waals surface area (Å²) >= 11 is 0. The Balaban J connectivity index is 1.20. The van der Waals surface area contributed by atoms with Crippen LogP contribution in [0.3, 0.4) is 0 Å². The Kier molecular flexibility index (Phi) is 5.31. The van der Waals surface area contributed by atoms with Crippen LogP contribution >= 0.6 is 0 Å². The molecule has 0 aliphatic carbocycles. The molecule has 2 aromatic heterocycles. The van der Waals surface area contributed by atoms with Crippen LogP contribution in [0.5, 0.6) is 0 Å². The van der Waals surface area contributed by atoms with Crippen molar-refractivity contribution in [2.75, 3.05) is 0 Å². The summed E-state index contributed by atoms with van der Waals surface area (Å²) < 4.78 is 12.7. The van der Waals surface area contributed by atoms with Crippen molar-refractivity contribution < 1.29 is 8.83 Å². The van der Waals surface area contributed by atoms with Crippen LogP contribution in [-0.2, 0) is 0 Å². The Labute approximate surface area is 264 Å². The summed E-state index contributed by atoms with van der Waals surface area (Å²) in [4.78, 5) is 0. The first-order chi connectivity index (χ1) is 22.8. The number of fused-ring (bicyclic) bond motifs is 8. The van der Waals surface area contributed by atoms with E-state index >= 15 is 0 Å². The van der Waals surface area contributed by atoms with Gasteiger partial charge in [-0.25, -0.2) is 0 Å². The van der Waals surface area contributed by atoms with E-state index < -0.39 is 0 Å². The van der Waals surface area contributed by atoms with Gasteiger partial charge in [0.15, 0.2) is 0 Å². The maximum absolute atomic E-state index is 6.42. The largest absolute Gasteiger partial charge is 0.456 e. The van der Waals surface area contributed by atoms with Crippen LogP contribution in [0.2, 0.25) is 0 Å². The average Bonchev–Trinajstić information content (AvgIpc) is 3.67. The highest BCUT2D eigenvalue weighted by Crippen LogP contribution is 2.45. The van der Waals surface area contributed by atoms with Gasteiger partial charge in [0.05, 0.1) is 0 Å². The maximum atomic E-state index is 6.42. The van der Waals surface area contributed by atoms with Gasteiger partial charge in [0.2, 0.25) is 0 Å². The van der Waals surface area contributed by atoms with Crippen LogP contribution in [0.15, 0.2) is 167 Å². The Hall–Kier alpha value is -6.12. The van der Waals surface area contributed by atoms with E-state index in [4.69, 9.17) is 8.83 Å². The van der Waals surface area contributed by atoms with Gasteiger partial charge in [-0.15, -0.1) is 0 Å². The van der Waals surface area contributed by atoms with E-state index in [0.717, 1.165) is 43.9 Å². The predicted molar refractivity (Wildman–Crippen MR) is 192 cm³/mol. The van der Waals surface area contributed by atoms with E-state index in [9.17, 15) is 0 Å². The second kappa shape index (κ2) is 9.69. The number of benzene rings is 8. The second-order valence-electron chi connectivity index (χ2n) is 12.0. The quantitative estimate of drug-likeness (QED) is 0.193. The van der Waals surface area contributed by atoms with Crippen molar-refractivity contribution in [3.63, 3.8) is 0 Å². The summed E-state index contributed by atoms with van der Waals surface area (Å²) in [6.07, 6.45) is 0. The molecule has 0 aliphatic rings. The molecule has 2 nitrogen and oxygen atoms in total. The van der Waals surface area contributed by atoms with Gasteiger partial charge in [-0.2, -0.15) is 0 Å². The average molecular weight is 587 g/mol. The van der Waals surface area contributed by atoms with E-state index in [2.05, 4.69) is 140 Å². The van der Waals surface area contributed by atoms with Gasteiger partial charge < -0.3 is 8.83 Å². The molecule has 0 N–H and O–H groups in total. The van der Waals surface area contributed by atoms with Gasteiger partial charge in [-0.3, -0.25) is 0 Å². The molecule has 2 heteroatoms. The number of para-hydroxylation sites is 1. The molecule has 0 atom stereocenters. The lowest BCUT2D eigenvalue weighted by atomic mass is 9.85. The molecule has 0 spiro atoms.